The molecule has 1 aromatic heterocycles. The maximum absolute atomic E-state index is 13.3. The summed E-state index contributed by atoms with van der Waals surface area (Å²) >= 11 is 3.19. The molecule has 2 amide bonds. The minimum Gasteiger partial charge on any atom is -0.379 e. The molecule has 3 N–H and O–H groups in total. The van der Waals surface area contributed by atoms with Gasteiger partial charge in [0.2, 0.25) is 11.8 Å². The van der Waals surface area contributed by atoms with Gasteiger partial charge in [0, 0.05) is 43.1 Å². The Morgan fingerprint density at radius 1 is 1.16 bits per heavy atom. The molecular formula is C27H31N5O3S2. The van der Waals surface area contributed by atoms with Crippen LogP contribution < -0.4 is 10.6 Å². The van der Waals surface area contributed by atoms with Crippen LogP contribution in [-0.4, -0.2) is 77.8 Å². The number of carbonyl (C=O) groups is 2. The molecule has 8 nitrogen and oxygen atoms in total. The summed E-state index contributed by atoms with van der Waals surface area (Å²) in [6.45, 7) is 4.54. The number of nitrogens with one attached hydrogen (secondary N) is 3. The van der Waals surface area contributed by atoms with Gasteiger partial charge < -0.3 is 15.4 Å². The molecule has 10 heteroatoms. The second-order valence-electron chi connectivity index (χ2n) is 9.00. The highest BCUT2D eigenvalue weighted by atomic mass is 32.2. The van der Waals surface area contributed by atoms with Crippen LogP contribution in [0.4, 0.5) is 5.82 Å². The van der Waals surface area contributed by atoms with Gasteiger partial charge in [-0.2, -0.15) is 5.10 Å². The number of nitrogens with zero attached hydrogens (tertiary/aromatic N) is 2. The predicted octanol–water partition coefficient (Wildman–Crippen LogP) is 3.78. The highest BCUT2D eigenvalue weighted by Gasteiger charge is 2.36. The van der Waals surface area contributed by atoms with Crippen molar-refractivity contribution in [2.24, 2.45) is 0 Å². The van der Waals surface area contributed by atoms with Crippen LogP contribution in [0.5, 0.6) is 0 Å². The number of thioether (sulfide) groups is 2. The predicted molar refractivity (Wildman–Crippen MR) is 149 cm³/mol. The number of morpholine rings is 1. The van der Waals surface area contributed by atoms with E-state index in [0.717, 1.165) is 55.2 Å². The smallest absolute Gasteiger partial charge is 0.239 e. The monoisotopic (exact) mass is 537 g/mol. The van der Waals surface area contributed by atoms with Crippen LogP contribution in [0.3, 0.4) is 0 Å². The maximum atomic E-state index is 13.3. The van der Waals surface area contributed by atoms with Crippen molar-refractivity contribution in [2.75, 3.05) is 51.0 Å². The van der Waals surface area contributed by atoms with E-state index in [2.05, 4.69) is 50.0 Å². The minimum absolute atomic E-state index is 0.105. The fraction of sp³-hybridized carbons (Fsp3) is 0.370. The van der Waals surface area contributed by atoms with Gasteiger partial charge in [-0.1, -0.05) is 42.5 Å². The molecule has 0 aliphatic carbocycles. The van der Waals surface area contributed by atoms with Crippen LogP contribution >= 0.6 is 23.5 Å². The fourth-order valence-corrected chi connectivity index (χ4v) is 6.45. The van der Waals surface area contributed by atoms with E-state index in [1.807, 2.05) is 36.6 Å². The molecule has 0 spiro atoms. The molecule has 3 aromatic rings. The average molecular weight is 538 g/mol. The van der Waals surface area contributed by atoms with Crippen LogP contribution in [0.25, 0.3) is 11.3 Å². The van der Waals surface area contributed by atoms with Gasteiger partial charge in [0.05, 0.1) is 29.4 Å². The molecule has 37 heavy (non-hydrogen) atoms. The Hall–Kier alpha value is -2.79. The molecule has 194 valence electrons. The Morgan fingerprint density at radius 3 is 2.65 bits per heavy atom. The largest absolute Gasteiger partial charge is 0.379 e. The summed E-state index contributed by atoms with van der Waals surface area (Å²) in [5.41, 5.74) is 3.86. The van der Waals surface area contributed by atoms with Crippen molar-refractivity contribution >= 4 is 41.2 Å². The van der Waals surface area contributed by atoms with Gasteiger partial charge in [0.25, 0.3) is 0 Å². The lowest BCUT2D eigenvalue weighted by Gasteiger charge is -2.26. The lowest BCUT2D eigenvalue weighted by Crippen LogP contribution is -2.42. The molecule has 1 fully saturated rings. The zero-order valence-corrected chi connectivity index (χ0v) is 22.4. The molecule has 2 aliphatic rings. The number of benzene rings is 2. The van der Waals surface area contributed by atoms with E-state index in [1.165, 1.54) is 16.7 Å². The number of H-pyrrole nitrogens is 1. The lowest BCUT2D eigenvalue weighted by molar-refractivity contribution is -0.124. The second-order valence-corrected chi connectivity index (χ2v) is 11.2. The summed E-state index contributed by atoms with van der Waals surface area (Å²) in [5.74, 6) is 0.191. The first-order chi connectivity index (χ1) is 18.1. The van der Waals surface area contributed by atoms with E-state index in [-0.39, 0.29) is 23.5 Å². The standard InChI is InChI=1S/C27H31N5O3S2/c1-36-20-9-7-19(8-10-20)25-23-24(18-5-3-2-4-6-18)30-31-26(23)29-27(34)21(37-25)17-22(33)28-11-12-32-13-15-35-16-14-32/h2-10,21,25H,11-17H2,1H3,(H,28,33)(H2,29,30,31,34). The molecule has 2 atom stereocenters. The number of ether oxygens (including phenoxy) is 1. The van der Waals surface area contributed by atoms with Gasteiger partial charge in [0.15, 0.2) is 5.82 Å². The molecule has 5 rings (SSSR count). The number of carbonyl (C=O) groups excluding carboxylic acids is 2. The third-order valence-corrected chi connectivity index (χ3v) is 8.84. The van der Waals surface area contributed by atoms with Crippen molar-refractivity contribution in [1.82, 2.24) is 20.4 Å². The number of anilines is 1. The molecule has 0 saturated carbocycles. The Bertz CT molecular complexity index is 1210. The Kier molecular flexibility index (Phi) is 8.50. The normalized spacial score (nSPS) is 20.1. The highest BCUT2D eigenvalue weighted by molar-refractivity contribution is 8.01. The van der Waals surface area contributed by atoms with Crippen molar-refractivity contribution in [3.8, 4) is 11.3 Å². The van der Waals surface area contributed by atoms with E-state index in [1.54, 1.807) is 11.8 Å². The quantitative estimate of drug-likeness (QED) is 0.376. The van der Waals surface area contributed by atoms with Gasteiger partial charge in [-0.05, 0) is 29.5 Å². The van der Waals surface area contributed by atoms with Crippen molar-refractivity contribution in [3.05, 3.63) is 65.7 Å². The van der Waals surface area contributed by atoms with Crippen LogP contribution in [0.15, 0.2) is 59.5 Å². The first-order valence-electron chi connectivity index (χ1n) is 12.4. The topological polar surface area (TPSA) is 99.3 Å². The van der Waals surface area contributed by atoms with E-state index >= 15 is 0 Å². The van der Waals surface area contributed by atoms with E-state index in [9.17, 15) is 9.59 Å². The van der Waals surface area contributed by atoms with E-state index in [4.69, 9.17) is 4.74 Å². The molecule has 0 bridgehead atoms. The van der Waals surface area contributed by atoms with Gasteiger partial charge in [-0.3, -0.25) is 19.6 Å². The molecular weight excluding hydrogens is 506 g/mol. The first-order valence-corrected chi connectivity index (χ1v) is 14.6. The number of aromatic amines is 1. The number of hydrogen-bond donors (Lipinski definition) is 3. The van der Waals surface area contributed by atoms with Crippen LogP contribution in [0.1, 0.15) is 22.8 Å². The summed E-state index contributed by atoms with van der Waals surface area (Å²) in [4.78, 5) is 29.6. The van der Waals surface area contributed by atoms with Crippen LogP contribution in [0.2, 0.25) is 0 Å². The van der Waals surface area contributed by atoms with E-state index in [0.29, 0.717) is 12.4 Å². The summed E-state index contributed by atoms with van der Waals surface area (Å²) < 4.78 is 5.38. The summed E-state index contributed by atoms with van der Waals surface area (Å²) in [5, 5.41) is 12.9. The zero-order valence-electron chi connectivity index (χ0n) is 20.7. The zero-order chi connectivity index (χ0) is 25.6. The third kappa shape index (κ3) is 6.20. The molecule has 1 saturated heterocycles. The summed E-state index contributed by atoms with van der Waals surface area (Å²) in [6.07, 6.45) is 2.15. The molecule has 2 unspecified atom stereocenters. The number of amides is 2. The minimum atomic E-state index is -0.550. The average Bonchev–Trinajstić information content (AvgIpc) is 3.29. The fourth-order valence-electron chi connectivity index (χ4n) is 4.60. The van der Waals surface area contributed by atoms with Crippen molar-refractivity contribution in [1.29, 1.82) is 0 Å². The summed E-state index contributed by atoms with van der Waals surface area (Å²) in [6, 6.07) is 18.4. The van der Waals surface area contributed by atoms with Crippen molar-refractivity contribution < 1.29 is 14.3 Å². The van der Waals surface area contributed by atoms with E-state index < -0.39 is 5.25 Å². The lowest BCUT2D eigenvalue weighted by atomic mass is 10.00. The Balaban J connectivity index is 1.37. The Morgan fingerprint density at radius 2 is 1.92 bits per heavy atom. The third-order valence-electron chi connectivity index (χ3n) is 6.61. The van der Waals surface area contributed by atoms with Crippen LogP contribution in [-0.2, 0) is 14.3 Å². The van der Waals surface area contributed by atoms with Crippen molar-refractivity contribution in [2.45, 2.75) is 21.8 Å². The maximum Gasteiger partial charge on any atom is 0.239 e. The molecule has 2 aromatic carbocycles. The van der Waals surface area contributed by atoms with Crippen LogP contribution in [0, 0.1) is 0 Å². The number of rotatable bonds is 8. The first kappa shape index (κ1) is 25.8. The second kappa shape index (κ2) is 12.2. The van der Waals surface area contributed by atoms with Gasteiger partial charge >= 0.3 is 0 Å². The number of hydrogen-bond acceptors (Lipinski definition) is 7. The highest BCUT2D eigenvalue weighted by Crippen LogP contribution is 2.48. The number of aromatic nitrogens is 2. The molecule has 2 aliphatic heterocycles. The number of fused-ring (bicyclic) bond motifs is 1. The molecule has 3 heterocycles. The van der Waals surface area contributed by atoms with Gasteiger partial charge in [-0.15, -0.1) is 23.5 Å². The van der Waals surface area contributed by atoms with Gasteiger partial charge in [0.1, 0.15) is 0 Å². The molecule has 0 radical (unpaired) electrons. The SMILES string of the molecule is CSc1ccc(C2SC(CC(=O)NCCN3CCOCC3)C(=O)Nc3n[nH]c(-c4ccccc4)c32)cc1. The van der Waals surface area contributed by atoms with Gasteiger partial charge in [-0.25, -0.2) is 0 Å². The summed E-state index contributed by atoms with van der Waals surface area (Å²) in [7, 11) is 0. The van der Waals surface area contributed by atoms with Crippen molar-refractivity contribution in [3.63, 3.8) is 0 Å². The Labute approximate surface area is 225 Å².